The van der Waals surface area contributed by atoms with E-state index in [1.807, 2.05) is 6.07 Å². The molecule has 2 aromatic carbocycles. The first-order chi connectivity index (χ1) is 10.0. The second-order valence-electron chi connectivity index (χ2n) is 4.25. The van der Waals surface area contributed by atoms with Crippen LogP contribution in [0.3, 0.4) is 0 Å². The largest absolute Gasteiger partial charge is 0.493 e. The number of hydrogen-bond acceptors (Lipinski definition) is 3. The van der Waals surface area contributed by atoms with Gasteiger partial charge in [-0.15, -0.1) is 0 Å². The normalized spacial score (nSPS) is 10.0. The van der Waals surface area contributed by atoms with Gasteiger partial charge >= 0.3 is 0 Å². The molecule has 0 fully saturated rings. The van der Waals surface area contributed by atoms with E-state index in [9.17, 15) is 4.39 Å². The third-order valence-electron chi connectivity index (χ3n) is 2.85. The number of nitrogens with one attached hydrogen (secondary N) is 1. The maximum Gasteiger partial charge on any atom is 0.156 e. The van der Waals surface area contributed by atoms with E-state index in [4.69, 9.17) is 21.6 Å². The molecule has 21 heavy (non-hydrogen) atoms. The number of nitriles is 1. The van der Waals surface area contributed by atoms with Gasteiger partial charge in [-0.25, -0.2) is 4.39 Å². The standard InChI is InChI=1S/C15H11BrClFN2O/c1-21-15-12(16)5-11(17)6-14(15)20-8-9-2-3-13(18)10(4-9)7-19/h2-6,20H,8H2,1H3. The van der Waals surface area contributed by atoms with Crippen molar-refractivity contribution in [1.29, 1.82) is 5.26 Å². The Morgan fingerprint density at radius 1 is 1.38 bits per heavy atom. The number of ether oxygens (including phenoxy) is 1. The Kier molecular flexibility index (Phi) is 5.05. The van der Waals surface area contributed by atoms with Crippen LogP contribution in [0.5, 0.6) is 5.75 Å². The number of benzene rings is 2. The van der Waals surface area contributed by atoms with E-state index < -0.39 is 5.82 Å². The van der Waals surface area contributed by atoms with Crippen molar-refractivity contribution in [2.45, 2.75) is 6.54 Å². The predicted molar refractivity (Wildman–Crippen MR) is 84.1 cm³/mol. The summed E-state index contributed by atoms with van der Waals surface area (Å²) in [6.07, 6.45) is 0. The Morgan fingerprint density at radius 3 is 2.81 bits per heavy atom. The quantitative estimate of drug-likeness (QED) is 0.847. The lowest BCUT2D eigenvalue weighted by molar-refractivity contribution is 0.414. The highest BCUT2D eigenvalue weighted by Crippen LogP contribution is 2.36. The van der Waals surface area contributed by atoms with Gasteiger partial charge < -0.3 is 10.1 Å². The van der Waals surface area contributed by atoms with Crippen LogP contribution in [-0.2, 0) is 6.54 Å². The zero-order valence-corrected chi connectivity index (χ0v) is 13.4. The Hall–Kier alpha value is -1.77. The number of nitrogens with zero attached hydrogens (tertiary/aromatic N) is 1. The van der Waals surface area contributed by atoms with Gasteiger partial charge in [-0.1, -0.05) is 17.7 Å². The lowest BCUT2D eigenvalue weighted by atomic mass is 10.1. The van der Waals surface area contributed by atoms with Crippen molar-refractivity contribution in [3.8, 4) is 11.8 Å². The van der Waals surface area contributed by atoms with E-state index >= 15 is 0 Å². The van der Waals surface area contributed by atoms with Gasteiger partial charge in [-0.3, -0.25) is 0 Å². The van der Waals surface area contributed by atoms with Gasteiger partial charge in [0.25, 0.3) is 0 Å². The van der Waals surface area contributed by atoms with E-state index in [0.717, 1.165) is 10.0 Å². The van der Waals surface area contributed by atoms with Crippen LogP contribution >= 0.6 is 27.5 Å². The van der Waals surface area contributed by atoms with Crippen LogP contribution in [0.25, 0.3) is 0 Å². The van der Waals surface area contributed by atoms with E-state index in [-0.39, 0.29) is 5.56 Å². The summed E-state index contributed by atoms with van der Waals surface area (Å²) in [6.45, 7) is 0.415. The number of halogens is 3. The molecular formula is C15H11BrClFN2O. The first kappa shape index (κ1) is 15.6. The van der Waals surface area contributed by atoms with Gasteiger partial charge in [-0.05, 0) is 45.8 Å². The monoisotopic (exact) mass is 368 g/mol. The van der Waals surface area contributed by atoms with E-state index in [2.05, 4.69) is 21.2 Å². The molecule has 0 unspecified atom stereocenters. The topological polar surface area (TPSA) is 45.0 Å². The molecule has 3 nitrogen and oxygen atoms in total. The molecule has 0 saturated heterocycles. The van der Waals surface area contributed by atoms with Crippen LogP contribution in [0.15, 0.2) is 34.8 Å². The summed E-state index contributed by atoms with van der Waals surface area (Å²) in [5.41, 5.74) is 1.51. The molecule has 0 saturated carbocycles. The summed E-state index contributed by atoms with van der Waals surface area (Å²) >= 11 is 9.39. The highest BCUT2D eigenvalue weighted by molar-refractivity contribution is 9.10. The number of hydrogen-bond donors (Lipinski definition) is 1. The van der Waals surface area contributed by atoms with Crippen LogP contribution in [0.2, 0.25) is 5.02 Å². The van der Waals surface area contributed by atoms with Crippen molar-refractivity contribution in [3.63, 3.8) is 0 Å². The second-order valence-corrected chi connectivity index (χ2v) is 5.54. The fourth-order valence-corrected chi connectivity index (χ4v) is 2.84. The molecule has 0 aromatic heterocycles. The zero-order valence-electron chi connectivity index (χ0n) is 11.1. The smallest absolute Gasteiger partial charge is 0.156 e. The molecule has 0 aliphatic rings. The Bertz CT molecular complexity index is 716. The van der Waals surface area contributed by atoms with Crippen LogP contribution in [0.1, 0.15) is 11.1 Å². The van der Waals surface area contributed by atoms with Crippen LogP contribution in [-0.4, -0.2) is 7.11 Å². The van der Waals surface area contributed by atoms with E-state index in [1.165, 1.54) is 12.1 Å². The molecule has 0 heterocycles. The molecule has 0 radical (unpaired) electrons. The lowest BCUT2D eigenvalue weighted by Crippen LogP contribution is -2.02. The molecule has 1 N–H and O–H groups in total. The summed E-state index contributed by atoms with van der Waals surface area (Å²) < 4.78 is 19.3. The van der Waals surface area contributed by atoms with Gasteiger partial charge in [0, 0.05) is 11.6 Å². The van der Waals surface area contributed by atoms with Crippen LogP contribution in [0, 0.1) is 17.1 Å². The third kappa shape index (κ3) is 3.66. The first-order valence-electron chi connectivity index (χ1n) is 6.00. The molecule has 2 rings (SSSR count). The molecule has 0 spiro atoms. The fraction of sp³-hybridized carbons (Fsp3) is 0.133. The minimum absolute atomic E-state index is 0.0218. The summed E-state index contributed by atoms with van der Waals surface area (Å²) in [7, 11) is 1.56. The van der Waals surface area contributed by atoms with E-state index in [0.29, 0.717) is 23.0 Å². The molecular weight excluding hydrogens is 359 g/mol. The molecule has 0 aliphatic carbocycles. The van der Waals surface area contributed by atoms with Gasteiger partial charge in [0.15, 0.2) is 5.75 Å². The third-order valence-corrected chi connectivity index (χ3v) is 3.65. The minimum atomic E-state index is -0.524. The Balaban J connectivity index is 2.22. The maximum absolute atomic E-state index is 13.3. The highest BCUT2D eigenvalue weighted by atomic mass is 79.9. The molecule has 6 heteroatoms. The SMILES string of the molecule is COc1c(Br)cc(Cl)cc1NCc1ccc(F)c(C#N)c1. The molecule has 0 bridgehead atoms. The summed E-state index contributed by atoms with van der Waals surface area (Å²) in [4.78, 5) is 0. The Labute approximate surface area is 135 Å². The van der Waals surface area contributed by atoms with Crippen molar-refractivity contribution in [2.24, 2.45) is 0 Å². The molecule has 0 amide bonds. The fourth-order valence-electron chi connectivity index (χ4n) is 1.86. The van der Waals surface area contributed by atoms with E-state index in [1.54, 1.807) is 25.3 Å². The van der Waals surface area contributed by atoms with Crippen molar-refractivity contribution in [1.82, 2.24) is 0 Å². The highest BCUT2D eigenvalue weighted by Gasteiger charge is 2.10. The lowest BCUT2D eigenvalue weighted by Gasteiger charge is -2.13. The van der Waals surface area contributed by atoms with Crippen molar-refractivity contribution >= 4 is 33.2 Å². The average molecular weight is 370 g/mol. The number of methoxy groups -OCH3 is 1. The number of anilines is 1. The average Bonchev–Trinajstić information content (AvgIpc) is 2.46. The molecule has 2 aromatic rings. The summed E-state index contributed by atoms with van der Waals surface area (Å²) in [5, 5.41) is 12.5. The van der Waals surface area contributed by atoms with Gasteiger partial charge in [0.1, 0.15) is 11.9 Å². The number of rotatable bonds is 4. The van der Waals surface area contributed by atoms with Crippen molar-refractivity contribution in [3.05, 3.63) is 56.8 Å². The minimum Gasteiger partial charge on any atom is -0.493 e. The van der Waals surface area contributed by atoms with Crippen molar-refractivity contribution < 1.29 is 9.13 Å². The van der Waals surface area contributed by atoms with Gasteiger partial charge in [0.2, 0.25) is 0 Å². The first-order valence-corrected chi connectivity index (χ1v) is 7.17. The zero-order chi connectivity index (χ0) is 15.4. The predicted octanol–water partition coefficient (Wildman–Crippen LogP) is 4.73. The molecule has 108 valence electrons. The van der Waals surface area contributed by atoms with Crippen molar-refractivity contribution in [2.75, 3.05) is 12.4 Å². The van der Waals surface area contributed by atoms with Crippen LogP contribution < -0.4 is 10.1 Å². The molecule has 0 aliphatic heterocycles. The summed E-state index contributed by atoms with van der Waals surface area (Å²) in [6, 6.07) is 9.69. The molecule has 0 atom stereocenters. The second kappa shape index (κ2) is 6.79. The Morgan fingerprint density at radius 2 is 2.14 bits per heavy atom. The summed E-state index contributed by atoms with van der Waals surface area (Å²) in [5.74, 6) is 0.103. The van der Waals surface area contributed by atoms with Gasteiger partial charge in [-0.2, -0.15) is 5.26 Å². The maximum atomic E-state index is 13.3. The van der Waals surface area contributed by atoms with Crippen LogP contribution in [0.4, 0.5) is 10.1 Å². The van der Waals surface area contributed by atoms with Gasteiger partial charge in [0.05, 0.1) is 22.8 Å².